The Morgan fingerprint density at radius 3 is 3.07 bits per heavy atom. The molecule has 2 N–H and O–H groups in total. The van der Waals surface area contributed by atoms with E-state index in [-0.39, 0.29) is 6.04 Å². The summed E-state index contributed by atoms with van der Waals surface area (Å²) in [5.74, 6) is 1.01. The molecule has 0 saturated heterocycles. The van der Waals surface area contributed by atoms with E-state index in [0.29, 0.717) is 0 Å². The fourth-order valence-electron chi connectivity index (χ4n) is 1.26. The molecule has 0 saturated carbocycles. The summed E-state index contributed by atoms with van der Waals surface area (Å²) < 4.78 is 0. The Kier molecular flexibility index (Phi) is 5.52. The fraction of sp³-hybridized carbons (Fsp3) is 0.700. The SMILES string of the molecule is CCCCC(N)c1csc(CSC)n1. The third-order valence-corrected chi connectivity index (χ3v) is 3.70. The Hall–Kier alpha value is -0.0600. The lowest BCUT2D eigenvalue weighted by atomic mass is 10.1. The average molecular weight is 230 g/mol. The first-order valence-corrected chi connectivity index (χ1v) is 7.24. The van der Waals surface area contributed by atoms with Crippen molar-refractivity contribution in [1.82, 2.24) is 4.98 Å². The van der Waals surface area contributed by atoms with Crippen molar-refractivity contribution in [3.8, 4) is 0 Å². The highest BCUT2D eigenvalue weighted by atomic mass is 32.2. The molecule has 0 bridgehead atoms. The van der Waals surface area contributed by atoms with Crippen LogP contribution in [-0.2, 0) is 5.75 Å². The summed E-state index contributed by atoms with van der Waals surface area (Å²) in [7, 11) is 0. The minimum absolute atomic E-state index is 0.141. The van der Waals surface area contributed by atoms with Crippen molar-refractivity contribution in [3.63, 3.8) is 0 Å². The summed E-state index contributed by atoms with van der Waals surface area (Å²) in [5.41, 5.74) is 7.10. The molecule has 4 heteroatoms. The topological polar surface area (TPSA) is 38.9 Å². The monoisotopic (exact) mass is 230 g/mol. The molecule has 1 aromatic rings. The highest BCUT2D eigenvalue weighted by Crippen LogP contribution is 2.21. The van der Waals surface area contributed by atoms with Crippen LogP contribution in [0.15, 0.2) is 5.38 Å². The highest BCUT2D eigenvalue weighted by molar-refractivity contribution is 7.97. The Morgan fingerprint density at radius 2 is 2.43 bits per heavy atom. The molecular formula is C10H18N2S2. The van der Waals surface area contributed by atoms with Crippen molar-refractivity contribution in [1.29, 1.82) is 0 Å². The number of unbranched alkanes of at least 4 members (excludes halogenated alkanes) is 1. The summed E-state index contributed by atoms with van der Waals surface area (Å²) in [5, 5.41) is 3.30. The molecule has 0 aliphatic rings. The quantitative estimate of drug-likeness (QED) is 0.815. The zero-order chi connectivity index (χ0) is 10.4. The Morgan fingerprint density at radius 1 is 1.64 bits per heavy atom. The lowest BCUT2D eigenvalue weighted by molar-refractivity contribution is 0.592. The van der Waals surface area contributed by atoms with E-state index < -0.39 is 0 Å². The van der Waals surface area contributed by atoms with Gasteiger partial charge in [0.15, 0.2) is 0 Å². The van der Waals surface area contributed by atoms with Crippen LogP contribution in [0.25, 0.3) is 0 Å². The van der Waals surface area contributed by atoms with E-state index in [9.17, 15) is 0 Å². The summed E-state index contributed by atoms with van der Waals surface area (Å²) >= 11 is 3.53. The van der Waals surface area contributed by atoms with Gasteiger partial charge in [-0.05, 0) is 12.7 Å². The second kappa shape index (κ2) is 6.43. The zero-order valence-electron chi connectivity index (χ0n) is 8.82. The number of hydrogen-bond donors (Lipinski definition) is 1. The third kappa shape index (κ3) is 3.59. The van der Waals surface area contributed by atoms with Crippen LogP contribution in [-0.4, -0.2) is 11.2 Å². The molecule has 1 atom stereocenters. The van der Waals surface area contributed by atoms with Crippen molar-refractivity contribution in [2.24, 2.45) is 5.73 Å². The predicted molar refractivity (Wildman–Crippen MR) is 65.8 cm³/mol. The molecule has 0 aliphatic carbocycles. The molecule has 1 rings (SSSR count). The Bertz CT molecular complexity index is 260. The average Bonchev–Trinajstić information content (AvgIpc) is 2.63. The van der Waals surface area contributed by atoms with Gasteiger partial charge in [0.25, 0.3) is 0 Å². The van der Waals surface area contributed by atoms with E-state index >= 15 is 0 Å². The van der Waals surface area contributed by atoms with E-state index in [4.69, 9.17) is 5.73 Å². The number of nitrogens with two attached hydrogens (primary N) is 1. The number of nitrogens with zero attached hydrogens (tertiary/aromatic N) is 1. The van der Waals surface area contributed by atoms with Gasteiger partial charge in [0, 0.05) is 17.2 Å². The van der Waals surface area contributed by atoms with Gasteiger partial charge < -0.3 is 5.73 Å². The summed E-state index contributed by atoms with van der Waals surface area (Å²) in [6, 6.07) is 0.141. The molecular weight excluding hydrogens is 212 g/mol. The van der Waals surface area contributed by atoms with Crippen LogP contribution in [0.4, 0.5) is 0 Å². The predicted octanol–water partition coefficient (Wildman–Crippen LogP) is 3.20. The Labute approximate surface area is 94.3 Å². The molecule has 0 aliphatic heterocycles. The van der Waals surface area contributed by atoms with Crippen molar-refractivity contribution in [2.45, 2.75) is 38.0 Å². The molecule has 0 spiro atoms. The van der Waals surface area contributed by atoms with Crippen molar-refractivity contribution in [2.75, 3.05) is 6.26 Å². The highest BCUT2D eigenvalue weighted by Gasteiger charge is 2.09. The van der Waals surface area contributed by atoms with Gasteiger partial charge in [0.05, 0.1) is 5.69 Å². The lowest BCUT2D eigenvalue weighted by Crippen LogP contribution is -2.10. The van der Waals surface area contributed by atoms with Gasteiger partial charge in [0.2, 0.25) is 0 Å². The second-order valence-corrected chi connectivity index (χ2v) is 5.16. The second-order valence-electron chi connectivity index (χ2n) is 3.35. The van der Waals surface area contributed by atoms with E-state index in [2.05, 4.69) is 23.5 Å². The summed E-state index contributed by atoms with van der Waals surface area (Å²) in [6.45, 7) is 2.19. The van der Waals surface area contributed by atoms with Gasteiger partial charge in [0.1, 0.15) is 5.01 Å². The number of thioether (sulfide) groups is 1. The van der Waals surface area contributed by atoms with Crippen LogP contribution in [0.1, 0.15) is 42.9 Å². The maximum atomic E-state index is 6.03. The first kappa shape index (κ1) is 12.0. The molecule has 0 amide bonds. The summed E-state index contributed by atoms with van der Waals surface area (Å²) in [6.07, 6.45) is 5.54. The van der Waals surface area contributed by atoms with Gasteiger partial charge in [-0.15, -0.1) is 11.3 Å². The first-order chi connectivity index (χ1) is 6.77. The van der Waals surface area contributed by atoms with Gasteiger partial charge in [-0.2, -0.15) is 11.8 Å². The van der Waals surface area contributed by atoms with E-state index in [1.165, 1.54) is 17.8 Å². The maximum absolute atomic E-state index is 6.03. The number of hydrogen-bond acceptors (Lipinski definition) is 4. The number of rotatable bonds is 6. The van der Waals surface area contributed by atoms with Gasteiger partial charge in [-0.3, -0.25) is 0 Å². The van der Waals surface area contributed by atoms with E-state index in [0.717, 1.165) is 17.9 Å². The van der Waals surface area contributed by atoms with Crippen molar-refractivity contribution >= 4 is 23.1 Å². The number of thiazole rings is 1. The minimum atomic E-state index is 0.141. The molecule has 1 unspecified atom stereocenters. The normalized spacial score (nSPS) is 13.1. The molecule has 2 nitrogen and oxygen atoms in total. The van der Waals surface area contributed by atoms with Gasteiger partial charge >= 0.3 is 0 Å². The van der Waals surface area contributed by atoms with Crippen LogP contribution < -0.4 is 5.73 Å². The standard InChI is InChI=1S/C10H18N2S2/c1-3-4-5-8(11)9-6-14-10(12-9)7-13-2/h6,8H,3-5,7,11H2,1-2H3. The molecule has 1 heterocycles. The molecule has 0 fully saturated rings. The van der Waals surface area contributed by atoms with Crippen LogP contribution in [0.3, 0.4) is 0 Å². The van der Waals surface area contributed by atoms with E-state index in [1.807, 2.05) is 0 Å². The van der Waals surface area contributed by atoms with E-state index in [1.54, 1.807) is 23.1 Å². The van der Waals surface area contributed by atoms with Gasteiger partial charge in [-0.1, -0.05) is 19.8 Å². The maximum Gasteiger partial charge on any atom is 0.103 e. The largest absolute Gasteiger partial charge is 0.323 e. The van der Waals surface area contributed by atoms with Crippen LogP contribution >= 0.6 is 23.1 Å². The van der Waals surface area contributed by atoms with Crippen molar-refractivity contribution < 1.29 is 0 Å². The summed E-state index contributed by atoms with van der Waals surface area (Å²) in [4.78, 5) is 4.53. The molecule has 0 radical (unpaired) electrons. The Balaban J connectivity index is 2.48. The third-order valence-electron chi connectivity index (χ3n) is 2.09. The molecule has 0 aromatic carbocycles. The van der Waals surface area contributed by atoms with Crippen LogP contribution in [0, 0.1) is 0 Å². The number of aromatic nitrogens is 1. The van der Waals surface area contributed by atoms with Crippen LogP contribution in [0.5, 0.6) is 0 Å². The molecule has 1 aromatic heterocycles. The smallest absolute Gasteiger partial charge is 0.103 e. The zero-order valence-corrected chi connectivity index (χ0v) is 10.5. The van der Waals surface area contributed by atoms with Crippen LogP contribution in [0.2, 0.25) is 0 Å². The lowest BCUT2D eigenvalue weighted by Gasteiger charge is -2.06. The van der Waals surface area contributed by atoms with Gasteiger partial charge in [-0.25, -0.2) is 4.98 Å². The first-order valence-electron chi connectivity index (χ1n) is 4.96. The molecule has 80 valence electrons. The molecule has 14 heavy (non-hydrogen) atoms. The fourth-order valence-corrected chi connectivity index (χ4v) is 2.84. The van der Waals surface area contributed by atoms with Crippen molar-refractivity contribution in [3.05, 3.63) is 16.1 Å². The minimum Gasteiger partial charge on any atom is -0.323 e.